The number of hydrogen-bond donors (Lipinski definition) is 3. The number of alkyl halides is 3. The molecule has 0 spiro atoms. The van der Waals surface area contributed by atoms with Crippen molar-refractivity contribution >= 4 is 26.2 Å². The topological polar surface area (TPSA) is 134 Å². The van der Waals surface area contributed by atoms with E-state index in [1.165, 1.54) is 41.4 Å². The van der Waals surface area contributed by atoms with Crippen molar-refractivity contribution in [2.75, 3.05) is 11.6 Å². The van der Waals surface area contributed by atoms with Gasteiger partial charge < -0.3 is 9.88 Å². The van der Waals surface area contributed by atoms with Crippen LogP contribution in [0, 0.1) is 10.6 Å². The Balaban J connectivity index is 1.48. The molecule has 14 heteroatoms. The highest BCUT2D eigenvalue weighted by Crippen LogP contribution is 2.32. The van der Waals surface area contributed by atoms with Crippen LogP contribution in [0.5, 0.6) is 0 Å². The lowest BCUT2D eigenvalue weighted by molar-refractivity contribution is -0.138. The van der Waals surface area contributed by atoms with Crippen molar-refractivity contribution in [2.24, 2.45) is 0 Å². The number of rotatable bonds is 8. The largest absolute Gasteiger partial charge is 0.423 e. The third-order valence-electron chi connectivity index (χ3n) is 6.09. The van der Waals surface area contributed by atoms with Gasteiger partial charge in [0.1, 0.15) is 11.4 Å². The predicted octanol–water partition coefficient (Wildman–Crippen LogP) is 4.62. The van der Waals surface area contributed by atoms with Crippen LogP contribution in [0.2, 0.25) is 0 Å². The summed E-state index contributed by atoms with van der Waals surface area (Å²) in [6.07, 6.45) is 0.848. The molecule has 0 saturated carbocycles. The zero-order chi connectivity index (χ0) is 28.5. The number of hydrogen-bond acceptors (Lipinski definition) is 7. The Labute approximate surface area is 219 Å². The van der Waals surface area contributed by atoms with Gasteiger partial charge in [-0.2, -0.15) is 18.3 Å². The Morgan fingerprint density at radius 3 is 2.56 bits per heavy atom. The van der Waals surface area contributed by atoms with Gasteiger partial charge in [-0.1, -0.05) is 0 Å². The van der Waals surface area contributed by atoms with Crippen LogP contribution in [0.4, 0.5) is 23.2 Å². The summed E-state index contributed by atoms with van der Waals surface area (Å²) in [4.78, 5) is 29.0. The van der Waals surface area contributed by atoms with Gasteiger partial charge in [-0.25, -0.2) is 18.5 Å². The van der Waals surface area contributed by atoms with E-state index in [2.05, 4.69) is 15.4 Å². The number of aryl methyl sites for hydroxylation is 1. The first-order chi connectivity index (χ1) is 18.3. The van der Waals surface area contributed by atoms with Crippen LogP contribution >= 0.6 is 0 Å². The molecule has 3 N–H and O–H groups in total. The first-order valence-electron chi connectivity index (χ1n) is 11.7. The molecule has 0 saturated heterocycles. The highest BCUT2D eigenvalue weighted by Gasteiger charge is 2.37. The molecule has 9 nitrogen and oxygen atoms in total. The van der Waals surface area contributed by atoms with Crippen LogP contribution < -0.4 is 16.4 Å². The van der Waals surface area contributed by atoms with Crippen LogP contribution in [0.1, 0.15) is 25.3 Å². The summed E-state index contributed by atoms with van der Waals surface area (Å²) < 4.78 is 75.6. The van der Waals surface area contributed by atoms with Crippen LogP contribution in [-0.4, -0.2) is 36.3 Å². The number of halogens is 4. The van der Waals surface area contributed by atoms with E-state index in [0.29, 0.717) is 29.5 Å². The first kappa shape index (κ1) is 28.0. The summed E-state index contributed by atoms with van der Waals surface area (Å²) in [5.41, 5.74) is -2.91. The van der Waals surface area contributed by atoms with E-state index in [9.17, 15) is 27.0 Å². The van der Waals surface area contributed by atoms with E-state index in [0.717, 1.165) is 6.20 Å². The molecule has 4 rings (SSSR count). The van der Waals surface area contributed by atoms with Gasteiger partial charge in [-0.05, 0) is 55.5 Å². The smallest absolute Gasteiger partial charge is 0.381 e. The summed E-state index contributed by atoms with van der Waals surface area (Å²) in [5.74, 6) is -0.746. The zero-order valence-electron chi connectivity index (χ0n) is 20.8. The molecule has 39 heavy (non-hydrogen) atoms. The number of fused-ring (bicyclic) bond motifs is 1. The predicted molar refractivity (Wildman–Crippen MR) is 139 cm³/mol. The molecular weight excluding hydrogens is 540 g/mol. The first-order valence-corrected chi connectivity index (χ1v) is 13.7. The van der Waals surface area contributed by atoms with Crippen molar-refractivity contribution in [1.29, 1.82) is 4.78 Å². The van der Waals surface area contributed by atoms with Gasteiger partial charge in [-0.3, -0.25) is 14.6 Å². The third-order valence-corrected chi connectivity index (χ3v) is 7.23. The molecule has 3 heterocycles. The normalized spacial score (nSPS) is 14.2. The van der Waals surface area contributed by atoms with E-state index in [-0.39, 0.29) is 16.8 Å². The molecule has 0 amide bonds. The average Bonchev–Trinajstić information content (AvgIpc) is 2.84. The SMILES string of the molecule is C[C@@H](CCCn1ccc2cc(-c3ccc(S(C)(=N)=O)cn3)cc(F)c2c1=O)Nc1cn[nH]c(=O)c1C(F)(F)F. The third kappa shape index (κ3) is 6.16. The zero-order valence-corrected chi connectivity index (χ0v) is 21.6. The van der Waals surface area contributed by atoms with Gasteiger partial charge in [0.05, 0.1) is 37.6 Å². The second-order valence-corrected chi connectivity index (χ2v) is 11.3. The Morgan fingerprint density at radius 2 is 1.92 bits per heavy atom. The fourth-order valence-electron chi connectivity index (χ4n) is 4.17. The lowest BCUT2D eigenvalue weighted by Gasteiger charge is -2.18. The number of nitrogens with one attached hydrogen (secondary N) is 3. The number of anilines is 1. The van der Waals surface area contributed by atoms with E-state index < -0.39 is 50.1 Å². The number of pyridine rings is 2. The van der Waals surface area contributed by atoms with Crippen LogP contribution in [0.3, 0.4) is 0 Å². The Hall–Kier alpha value is -4.07. The lowest BCUT2D eigenvalue weighted by atomic mass is 10.0. The minimum Gasteiger partial charge on any atom is -0.381 e. The quantitative estimate of drug-likeness (QED) is 0.268. The van der Waals surface area contributed by atoms with Crippen molar-refractivity contribution in [1.82, 2.24) is 19.7 Å². The van der Waals surface area contributed by atoms with Gasteiger partial charge in [0.15, 0.2) is 0 Å². The molecule has 0 bridgehead atoms. The lowest BCUT2D eigenvalue weighted by Crippen LogP contribution is -2.27. The van der Waals surface area contributed by atoms with Crippen molar-refractivity contribution < 1.29 is 21.8 Å². The average molecular weight is 565 g/mol. The Kier molecular flexibility index (Phi) is 7.59. The van der Waals surface area contributed by atoms with Gasteiger partial charge in [0, 0.05) is 36.8 Å². The van der Waals surface area contributed by atoms with Crippen LogP contribution in [0.25, 0.3) is 22.0 Å². The van der Waals surface area contributed by atoms with Crippen molar-refractivity contribution in [3.63, 3.8) is 0 Å². The monoisotopic (exact) mass is 564 g/mol. The number of nitrogens with zero attached hydrogens (tertiary/aromatic N) is 3. The molecule has 2 atom stereocenters. The standard InChI is InChI=1S/C25H24F4N6O3S/c1-14(33-20-13-32-34-23(36)22(20)25(27,28)29)4-3-8-35-9-7-15-10-16(11-18(26)21(15)24(35)37)19-6-5-17(12-31-19)39(2,30)38/h5-7,9-14,30H,3-4,8H2,1-2H3,(H2,33,34,36)/t14-,39?/m0/s1. The number of benzene rings is 1. The fraction of sp³-hybridized carbons (Fsp3) is 0.280. The molecule has 1 aromatic carbocycles. The summed E-state index contributed by atoms with van der Waals surface area (Å²) in [7, 11) is -2.94. The maximum Gasteiger partial charge on any atom is 0.423 e. The van der Waals surface area contributed by atoms with E-state index in [1.807, 2.05) is 0 Å². The second kappa shape index (κ2) is 10.6. The fourth-order valence-corrected chi connectivity index (χ4v) is 4.75. The molecule has 0 radical (unpaired) electrons. The number of aromatic amines is 1. The van der Waals surface area contributed by atoms with Crippen LogP contribution in [-0.2, 0) is 22.5 Å². The summed E-state index contributed by atoms with van der Waals surface area (Å²) in [6, 6.07) is 6.91. The minimum atomic E-state index is -4.86. The molecule has 0 aliphatic heterocycles. The second-order valence-electron chi connectivity index (χ2n) is 9.13. The van der Waals surface area contributed by atoms with Crippen molar-refractivity contribution in [3.8, 4) is 11.3 Å². The molecule has 3 aromatic heterocycles. The number of aromatic nitrogens is 4. The molecule has 0 fully saturated rings. The molecular formula is C25H24F4N6O3S. The van der Waals surface area contributed by atoms with E-state index >= 15 is 4.39 Å². The summed E-state index contributed by atoms with van der Waals surface area (Å²) in [6.45, 7) is 1.82. The highest BCUT2D eigenvalue weighted by molar-refractivity contribution is 7.91. The van der Waals surface area contributed by atoms with Crippen molar-refractivity contribution in [3.05, 3.63) is 81.0 Å². The summed E-state index contributed by atoms with van der Waals surface area (Å²) in [5, 5.41) is 8.09. The molecule has 1 unspecified atom stereocenters. The van der Waals surface area contributed by atoms with Crippen LogP contribution in [0.15, 0.2) is 63.4 Å². The van der Waals surface area contributed by atoms with Gasteiger partial charge in [-0.15, -0.1) is 0 Å². The molecule has 0 aliphatic carbocycles. The number of H-pyrrole nitrogens is 1. The van der Waals surface area contributed by atoms with E-state index in [4.69, 9.17) is 4.78 Å². The molecule has 0 aliphatic rings. The minimum absolute atomic E-state index is 0.115. The Bertz CT molecular complexity index is 1750. The van der Waals surface area contributed by atoms with E-state index in [1.54, 1.807) is 24.2 Å². The molecule has 4 aromatic rings. The highest BCUT2D eigenvalue weighted by atomic mass is 32.2. The maximum absolute atomic E-state index is 15.0. The van der Waals surface area contributed by atoms with Crippen molar-refractivity contribution in [2.45, 2.75) is 43.4 Å². The van der Waals surface area contributed by atoms with Gasteiger partial charge in [0.2, 0.25) is 0 Å². The van der Waals surface area contributed by atoms with Gasteiger partial charge >= 0.3 is 6.18 Å². The molecule has 206 valence electrons. The summed E-state index contributed by atoms with van der Waals surface area (Å²) >= 11 is 0. The maximum atomic E-state index is 15.0. The Morgan fingerprint density at radius 1 is 1.18 bits per heavy atom. The van der Waals surface area contributed by atoms with Gasteiger partial charge in [0.25, 0.3) is 11.1 Å².